The Hall–Kier alpha value is -4.43. The smallest absolute Gasteiger partial charge is 0.231 e. The molecule has 16 nitrogen and oxygen atoms in total. The Morgan fingerprint density at radius 3 is 1.66 bits per heavy atom. The summed E-state index contributed by atoms with van der Waals surface area (Å²) in [5, 5.41) is 0. The second-order valence-corrected chi connectivity index (χ2v) is 28.0. The molecule has 0 saturated heterocycles. The van der Waals surface area contributed by atoms with Crippen LogP contribution in [0.5, 0.6) is 0 Å². The van der Waals surface area contributed by atoms with E-state index >= 15 is 0 Å². The summed E-state index contributed by atoms with van der Waals surface area (Å²) in [4.78, 5) is 26.7. The van der Waals surface area contributed by atoms with Gasteiger partial charge in [0.05, 0.1) is 60.3 Å². The maximum Gasteiger partial charge on any atom is 0.231 e. The molecule has 0 saturated carbocycles. The van der Waals surface area contributed by atoms with Gasteiger partial charge >= 0.3 is 0 Å². The number of thioether (sulfide) groups is 1. The fourth-order valence-corrected chi connectivity index (χ4v) is 11.8. The van der Waals surface area contributed by atoms with Crippen LogP contribution in [0.3, 0.4) is 0 Å². The minimum absolute atomic E-state index is 0.0540. The first-order valence-corrected chi connectivity index (χ1v) is 31.6. The molecule has 4 aromatic carbocycles. The van der Waals surface area contributed by atoms with E-state index in [1.807, 2.05) is 42.9 Å². The van der Waals surface area contributed by atoms with Crippen LogP contribution in [0.2, 0.25) is 13.4 Å². The summed E-state index contributed by atoms with van der Waals surface area (Å²) < 4.78 is 81.0. The predicted molar refractivity (Wildman–Crippen MR) is 297 cm³/mol. The Bertz CT molecular complexity index is 3630. The number of nitrogen functional groups attached to an aromatic ring is 1. The number of aryl methyl sites for hydroxylation is 2. The molecule has 5 heterocycles. The monoisotopic (exact) mass is 1160 g/mol. The molecule has 1 atom stereocenters. The lowest BCUT2D eigenvalue weighted by Crippen LogP contribution is -2.24. The van der Waals surface area contributed by atoms with Crippen molar-refractivity contribution in [1.29, 1.82) is 0 Å². The van der Waals surface area contributed by atoms with Gasteiger partial charge in [-0.1, -0.05) is 47.8 Å². The van der Waals surface area contributed by atoms with Gasteiger partial charge in [0.1, 0.15) is 11.3 Å². The van der Waals surface area contributed by atoms with Crippen molar-refractivity contribution in [1.82, 2.24) is 29.9 Å². The van der Waals surface area contributed by atoms with Crippen molar-refractivity contribution in [2.75, 3.05) is 53.5 Å². The Morgan fingerprint density at radius 2 is 1.13 bits per heavy atom. The third-order valence-corrected chi connectivity index (χ3v) is 17.7. The van der Waals surface area contributed by atoms with E-state index in [9.17, 15) is 25.3 Å². The topological polar surface area (TPSA) is 225 Å². The minimum atomic E-state index is -3.31. The molecule has 0 spiro atoms. The SMILES string of the molecule is CN(c1ccc2nc(Cl)sc2c1)S(C)(=O)=O.CS(=O)(=O)Cc1ccc2nc(Cl)sc2c1.CSc1cnc(CCC(C)CCc2nc3ccc(N(C)S(C)(=O)=O)cc3o2)nc1.Nc1ccc2nc(Cl)sc2c1. The van der Waals surface area contributed by atoms with E-state index in [1.165, 1.54) is 69.2 Å². The fourth-order valence-electron chi connectivity index (χ4n) is 6.44. The summed E-state index contributed by atoms with van der Waals surface area (Å²) >= 11 is 23.0. The molecular formula is C45H48Cl3N9O7S7. The maximum atomic E-state index is 11.7. The number of oxazole rings is 1. The molecule has 0 bridgehead atoms. The number of benzene rings is 4. The van der Waals surface area contributed by atoms with Crippen LogP contribution >= 0.6 is 80.6 Å². The Kier molecular flexibility index (Phi) is 18.9. The highest BCUT2D eigenvalue weighted by Gasteiger charge is 2.16. The number of rotatable bonds is 13. The van der Waals surface area contributed by atoms with Crippen LogP contribution in [0, 0.1) is 5.92 Å². The lowest BCUT2D eigenvalue weighted by Gasteiger charge is -2.16. The van der Waals surface area contributed by atoms with Crippen LogP contribution in [-0.4, -0.2) is 94.3 Å². The first-order valence-electron chi connectivity index (χ1n) is 21.1. The van der Waals surface area contributed by atoms with Gasteiger partial charge in [-0.3, -0.25) is 8.61 Å². The van der Waals surface area contributed by atoms with Gasteiger partial charge in [-0.15, -0.1) is 45.8 Å². The lowest BCUT2D eigenvalue weighted by molar-refractivity contribution is 0.444. The number of thiazole rings is 3. The molecule has 26 heteroatoms. The van der Waals surface area contributed by atoms with E-state index in [-0.39, 0.29) is 5.75 Å². The van der Waals surface area contributed by atoms with Crippen LogP contribution in [0.15, 0.2) is 94.5 Å². The highest BCUT2D eigenvalue weighted by molar-refractivity contribution is 7.98. The summed E-state index contributed by atoms with van der Waals surface area (Å²) in [6.07, 6.45) is 12.8. The largest absolute Gasteiger partial charge is 0.441 e. The van der Waals surface area contributed by atoms with Crippen molar-refractivity contribution in [2.45, 2.75) is 43.3 Å². The molecule has 2 N–H and O–H groups in total. The van der Waals surface area contributed by atoms with Gasteiger partial charge < -0.3 is 10.2 Å². The van der Waals surface area contributed by atoms with Crippen LogP contribution in [-0.2, 0) is 48.5 Å². The molecule has 71 heavy (non-hydrogen) atoms. The van der Waals surface area contributed by atoms with Crippen LogP contribution in [0.4, 0.5) is 17.1 Å². The lowest BCUT2D eigenvalue weighted by atomic mass is 9.99. The van der Waals surface area contributed by atoms with E-state index in [2.05, 4.69) is 36.8 Å². The second kappa shape index (κ2) is 24.1. The Morgan fingerprint density at radius 1 is 0.648 bits per heavy atom. The molecule has 378 valence electrons. The number of sulfone groups is 1. The number of hydrogen-bond acceptors (Lipinski definition) is 18. The van der Waals surface area contributed by atoms with Gasteiger partial charge in [-0.05, 0) is 91.2 Å². The Labute approximate surface area is 443 Å². The molecule has 0 aliphatic rings. The van der Waals surface area contributed by atoms with Crippen LogP contribution in [0.25, 0.3) is 41.7 Å². The number of nitrogens with zero attached hydrogens (tertiary/aromatic N) is 8. The number of anilines is 3. The molecule has 5 aromatic heterocycles. The number of sulfonamides is 2. The van der Waals surface area contributed by atoms with Crippen molar-refractivity contribution >= 4 is 169 Å². The summed E-state index contributed by atoms with van der Waals surface area (Å²) in [5.74, 6) is 2.09. The zero-order chi connectivity index (χ0) is 51.8. The van der Waals surface area contributed by atoms with Crippen molar-refractivity contribution in [3.63, 3.8) is 0 Å². The van der Waals surface area contributed by atoms with Crippen molar-refractivity contribution in [2.24, 2.45) is 5.92 Å². The van der Waals surface area contributed by atoms with Crippen molar-refractivity contribution < 1.29 is 29.7 Å². The van der Waals surface area contributed by atoms with Gasteiger partial charge in [0, 0.05) is 62.2 Å². The predicted octanol–water partition coefficient (Wildman–Crippen LogP) is 11.3. The highest BCUT2D eigenvalue weighted by Crippen LogP contribution is 2.31. The number of hydrogen-bond donors (Lipinski definition) is 1. The third kappa shape index (κ3) is 16.5. The van der Waals surface area contributed by atoms with E-state index in [1.54, 1.807) is 60.3 Å². The maximum absolute atomic E-state index is 11.7. The van der Waals surface area contributed by atoms with Gasteiger partial charge in [-0.25, -0.2) is 55.2 Å². The van der Waals surface area contributed by atoms with Gasteiger partial charge in [-0.2, -0.15) is 0 Å². The Balaban J connectivity index is 0.000000166. The first kappa shape index (κ1) is 55.9. The van der Waals surface area contributed by atoms with Gasteiger partial charge in [0.15, 0.2) is 34.7 Å². The quantitative estimate of drug-likeness (QED) is 0.0837. The summed E-state index contributed by atoms with van der Waals surface area (Å²) in [5.41, 5.74) is 12.1. The standard InChI is InChI=1S/C20H26N4O3S2.C9H9ClN2O2S2.C9H8ClNO2S2.C7H5ClN2S/c1-14(5-9-19-21-12-16(28-3)13-22-19)6-10-20-23-17-8-7-15(11-18(17)27-20)24(2)29(4,25)26;1-12(16(2,13)14)6-3-4-7-8(5-6)15-9(10)11-7;1-15(12,13)5-6-2-3-7-8(4-6)14-9(10)11-7;8-7-10-5-2-1-4(9)3-6(5)11-7/h7-8,11-14H,5-6,9-10H2,1-4H3;3-5H,1-2H3;2-4H,5H2,1H3;1-3H,9H2. The molecule has 0 aliphatic carbocycles. The zero-order valence-electron chi connectivity index (χ0n) is 39.2. The summed E-state index contributed by atoms with van der Waals surface area (Å²) in [7, 11) is -6.50. The average Bonchev–Trinajstić information content (AvgIpc) is 4.09. The summed E-state index contributed by atoms with van der Waals surface area (Å²) in [6, 6.07) is 21.4. The van der Waals surface area contributed by atoms with E-state index in [0.717, 1.165) is 90.1 Å². The zero-order valence-corrected chi connectivity index (χ0v) is 47.2. The number of halogens is 3. The van der Waals surface area contributed by atoms with Crippen molar-refractivity contribution in [3.05, 3.63) is 116 Å². The molecule has 9 aromatic rings. The average molecular weight is 1160 g/mol. The van der Waals surface area contributed by atoms with E-state index in [0.29, 0.717) is 42.2 Å². The van der Waals surface area contributed by atoms with E-state index < -0.39 is 29.9 Å². The molecule has 9 rings (SSSR count). The molecule has 0 amide bonds. The normalized spacial score (nSPS) is 12.2. The summed E-state index contributed by atoms with van der Waals surface area (Å²) in [6.45, 7) is 2.21. The molecule has 0 aliphatic heterocycles. The number of aromatic nitrogens is 6. The van der Waals surface area contributed by atoms with E-state index in [4.69, 9.17) is 45.0 Å². The number of nitrogens with two attached hydrogens (primary N) is 1. The third-order valence-electron chi connectivity index (χ3n) is 10.4. The van der Waals surface area contributed by atoms with Gasteiger partial charge in [0.2, 0.25) is 20.0 Å². The minimum Gasteiger partial charge on any atom is -0.441 e. The van der Waals surface area contributed by atoms with Gasteiger partial charge in [0.25, 0.3) is 0 Å². The van der Waals surface area contributed by atoms with Crippen LogP contribution < -0.4 is 14.3 Å². The van der Waals surface area contributed by atoms with Crippen molar-refractivity contribution in [3.8, 4) is 0 Å². The first-order chi connectivity index (χ1) is 33.3. The van der Waals surface area contributed by atoms with Crippen LogP contribution in [0.1, 0.15) is 37.0 Å². The number of fused-ring (bicyclic) bond motifs is 4. The molecule has 0 radical (unpaired) electrons. The fraction of sp³-hybridized carbons (Fsp3) is 0.289. The highest BCUT2D eigenvalue weighted by atomic mass is 35.5. The second-order valence-electron chi connectivity index (χ2n) is 16.1. The molecule has 1 unspecified atom stereocenters. The molecule has 0 fully saturated rings. The molecular weight excluding hydrogens is 1110 g/mol.